The Hall–Kier alpha value is -3.42. The Balaban J connectivity index is 2.03. The topological polar surface area (TPSA) is 112 Å². The second-order valence-electron chi connectivity index (χ2n) is 6.89. The van der Waals surface area contributed by atoms with Gasteiger partial charge in [-0.15, -0.1) is 0 Å². The fourth-order valence-electron chi connectivity index (χ4n) is 3.15. The van der Waals surface area contributed by atoms with Gasteiger partial charge in [-0.1, -0.05) is 0 Å². The summed E-state index contributed by atoms with van der Waals surface area (Å²) in [5.74, 6) is -0.909. The third-order valence-electron chi connectivity index (χ3n) is 4.63. The molecule has 0 unspecified atom stereocenters. The lowest BCUT2D eigenvalue weighted by Crippen LogP contribution is -2.28. The van der Waals surface area contributed by atoms with E-state index in [2.05, 4.69) is 4.98 Å². The molecule has 0 bridgehead atoms. The molecule has 1 aromatic heterocycles. The van der Waals surface area contributed by atoms with Crippen LogP contribution in [0.3, 0.4) is 0 Å². The van der Waals surface area contributed by atoms with Crippen molar-refractivity contribution >= 4 is 23.3 Å². The van der Waals surface area contributed by atoms with Crippen LogP contribution in [0.2, 0.25) is 0 Å². The summed E-state index contributed by atoms with van der Waals surface area (Å²) in [7, 11) is 1.42. The molecule has 0 spiro atoms. The van der Waals surface area contributed by atoms with Crippen molar-refractivity contribution in [2.24, 2.45) is 0 Å². The van der Waals surface area contributed by atoms with Crippen LogP contribution in [0.5, 0.6) is 11.5 Å². The Morgan fingerprint density at radius 3 is 2.23 bits per heavy atom. The van der Waals surface area contributed by atoms with Crippen molar-refractivity contribution in [2.75, 3.05) is 13.7 Å². The number of Topliss-reactive ketones (excluding diaryl/α,β-unsaturated/α-hetero) is 3. The standard InChI is InChI=1S/C22H25NO7/c1-11-20(14(4)25)12(2)23-21(11)22(27)15(5)30-19(26)10-29-17-8-7-16(13(3)24)9-18(17)28-6/h7-9,15,23H,10H2,1-6H3/t15-/m1/s1. The lowest BCUT2D eigenvalue weighted by Gasteiger charge is -2.14. The minimum atomic E-state index is -1.07. The van der Waals surface area contributed by atoms with Gasteiger partial charge in [0, 0.05) is 16.8 Å². The maximum Gasteiger partial charge on any atom is 0.344 e. The molecule has 2 rings (SSSR count). The number of aromatic nitrogens is 1. The molecule has 160 valence electrons. The number of carbonyl (C=O) groups is 4. The number of benzene rings is 1. The third-order valence-corrected chi connectivity index (χ3v) is 4.63. The zero-order chi connectivity index (χ0) is 22.6. The molecule has 8 nitrogen and oxygen atoms in total. The first-order chi connectivity index (χ1) is 14.1. The number of hydrogen-bond acceptors (Lipinski definition) is 7. The minimum Gasteiger partial charge on any atom is -0.493 e. The number of rotatable bonds is 9. The summed E-state index contributed by atoms with van der Waals surface area (Å²) >= 11 is 0. The lowest BCUT2D eigenvalue weighted by atomic mass is 10.0. The zero-order valence-electron chi connectivity index (χ0n) is 17.9. The molecule has 0 aliphatic carbocycles. The molecule has 0 aliphatic rings. The van der Waals surface area contributed by atoms with Crippen LogP contribution in [-0.2, 0) is 9.53 Å². The molecular formula is C22H25NO7. The molecule has 8 heteroatoms. The Morgan fingerprint density at radius 1 is 1.03 bits per heavy atom. The lowest BCUT2D eigenvalue weighted by molar-refractivity contribution is -0.148. The molecule has 30 heavy (non-hydrogen) atoms. The van der Waals surface area contributed by atoms with Gasteiger partial charge < -0.3 is 19.2 Å². The minimum absolute atomic E-state index is 0.130. The van der Waals surface area contributed by atoms with Crippen molar-refractivity contribution in [3.63, 3.8) is 0 Å². The first kappa shape index (κ1) is 22.9. The number of H-pyrrole nitrogens is 1. The molecule has 0 amide bonds. The Bertz CT molecular complexity index is 1000. The summed E-state index contributed by atoms with van der Waals surface area (Å²) in [4.78, 5) is 50.9. The molecule has 1 heterocycles. The van der Waals surface area contributed by atoms with Crippen LogP contribution in [0, 0.1) is 13.8 Å². The van der Waals surface area contributed by atoms with Gasteiger partial charge in [-0.3, -0.25) is 14.4 Å². The second-order valence-corrected chi connectivity index (χ2v) is 6.89. The summed E-state index contributed by atoms with van der Waals surface area (Å²) in [5.41, 5.74) is 2.26. The second kappa shape index (κ2) is 9.39. The van der Waals surface area contributed by atoms with Gasteiger partial charge in [-0.2, -0.15) is 0 Å². The van der Waals surface area contributed by atoms with Gasteiger partial charge in [0.2, 0.25) is 5.78 Å². The molecule has 1 aromatic carbocycles. The Kier molecular flexibility index (Phi) is 7.15. The Labute approximate surface area is 174 Å². The van der Waals surface area contributed by atoms with Gasteiger partial charge in [0.05, 0.1) is 12.8 Å². The number of esters is 1. The average molecular weight is 415 g/mol. The summed E-state index contributed by atoms with van der Waals surface area (Å²) in [6, 6.07) is 4.59. The van der Waals surface area contributed by atoms with Gasteiger partial charge in [0.25, 0.3) is 0 Å². The predicted octanol–water partition coefficient (Wildman–Crippen LogP) is 3.24. The van der Waals surface area contributed by atoms with E-state index in [1.54, 1.807) is 19.9 Å². The van der Waals surface area contributed by atoms with Crippen molar-refractivity contribution in [3.8, 4) is 11.5 Å². The molecular weight excluding hydrogens is 390 g/mol. The van der Waals surface area contributed by atoms with Crippen LogP contribution < -0.4 is 9.47 Å². The fraction of sp³-hybridized carbons (Fsp3) is 0.364. The first-order valence-corrected chi connectivity index (χ1v) is 9.32. The summed E-state index contributed by atoms with van der Waals surface area (Å²) in [6.07, 6.45) is -1.07. The molecule has 2 aromatic rings. The molecule has 0 saturated carbocycles. The van der Waals surface area contributed by atoms with Crippen LogP contribution in [0.15, 0.2) is 18.2 Å². The quantitative estimate of drug-likeness (QED) is 0.494. The van der Waals surface area contributed by atoms with Crippen LogP contribution in [0.25, 0.3) is 0 Å². The highest BCUT2D eigenvalue weighted by molar-refractivity contribution is 6.05. The fourth-order valence-corrected chi connectivity index (χ4v) is 3.15. The number of aryl methyl sites for hydroxylation is 1. The van der Waals surface area contributed by atoms with E-state index in [0.717, 1.165) is 0 Å². The van der Waals surface area contributed by atoms with E-state index in [-0.39, 0.29) is 23.0 Å². The van der Waals surface area contributed by atoms with E-state index >= 15 is 0 Å². The summed E-state index contributed by atoms with van der Waals surface area (Å²) in [5, 5.41) is 0. The zero-order valence-corrected chi connectivity index (χ0v) is 17.9. The van der Waals surface area contributed by atoms with Gasteiger partial charge >= 0.3 is 5.97 Å². The number of ether oxygens (including phenoxy) is 3. The number of carbonyl (C=O) groups excluding carboxylic acids is 4. The molecule has 0 radical (unpaired) electrons. The highest BCUT2D eigenvalue weighted by Gasteiger charge is 2.26. The van der Waals surface area contributed by atoms with E-state index in [4.69, 9.17) is 14.2 Å². The van der Waals surface area contributed by atoms with Crippen LogP contribution in [0.4, 0.5) is 0 Å². The van der Waals surface area contributed by atoms with Crippen molar-refractivity contribution in [1.82, 2.24) is 4.98 Å². The van der Waals surface area contributed by atoms with Crippen molar-refractivity contribution in [1.29, 1.82) is 0 Å². The SMILES string of the molecule is COc1cc(C(C)=O)ccc1OCC(=O)O[C@H](C)C(=O)c1[nH]c(C)c(C(C)=O)c1C. The number of methoxy groups -OCH3 is 1. The molecule has 0 aliphatic heterocycles. The average Bonchev–Trinajstić information content (AvgIpc) is 2.99. The molecule has 1 atom stereocenters. The van der Waals surface area contributed by atoms with E-state index in [9.17, 15) is 19.2 Å². The smallest absolute Gasteiger partial charge is 0.344 e. The van der Waals surface area contributed by atoms with Gasteiger partial charge in [0.15, 0.2) is 35.8 Å². The van der Waals surface area contributed by atoms with Crippen molar-refractivity contribution in [2.45, 2.75) is 40.7 Å². The largest absolute Gasteiger partial charge is 0.493 e. The number of aromatic amines is 1. The highest BCUT2D eigenvalue weighted by Crippen LogP contribution is 2.28. The van der Waals surface area contributed by atoms with E-state index in [1.807, 2.05) is 0 Å². The molecule has 1 N–H and O–H groups in total. The number of hydrogen-bond donors (Lipinski definition) is 1. The monoisotopic (exact) mass is 415 g/mol. The van der Waals surface area contributed by atoms with E-state index in [0.29, 0.717) is 28.1 Å². The Morgan fingerprint density at radius 2 is 1.70 bits per heavy atom. The van der Waals surface area contributed by atoms with E-state index < -0.39 is 24.5 Å². The summed E-state index contributed by atoms with van der Waals surface area (Å²) in [6.45, 7) is 7.23. The molecule has 0 saturated heterocycles. The van der Waals surface area contributed by atoms with Crippen LogP contribution in [-0.4, -0.2) is 48.1 Å². The number of ketones is 3. The van der Waals surface area contributed by atoms with E-state index in [1.165, 1.54) is 40.0 Å². The van der Waals surface area contributed by atoms with Crippen molar-refractivity contribution in [3.05, 3.63) is 46.3 Å². The maximum absolute atomic E-state index is 12.7. The molecule has 0 fully saturated rings. The van der Waals surface area contributed by atoms with Gasteiger partial charge in [-0.05, 0) is 58.4 Å². The normalized spacial score (nSPS) is 11.5. The predicted molar refractivity (Wildman–Crippen MR) is 109 cm³/mol. The van der Waals surface area contributed by atoms with Crippen molar-refractivity contribution < 1.29 is 33.4 Å². The van der Waals surface area contributed by atoms with Gasteiger partial charge in [0.1, 0.15) is 0 Å². The highest BCUT2D eigenvalue weighted by atomic mass is 16.6. The maximum atomic E-state index is 12.7. The van der Waals surface area contributed by atoms with Crippen LogP contribution in [0.1, 0.15) is 63.2 Å². The first-order valence-electron chi connectivity index (χ1n) is 9.32. The third kappa shape index (κ3) is 4.94. The summed E-state index contributed by atoms with van der Waals surface area (Å²) < 4.78 is 15.8. The number of nitrogens with one attached hydrogen (secondary N) is 1. The van der Waals surface area contributed by atoms with Gasteiger partial charge in [-0.25, -0.2) is 4.79 Å². The van der Waals surface area contributed by atoms with Crippen LogP contribution >= 0.6 is 0 Å².